The molecule has 3 N–H and O–H groups in total. The first-order valence-corrected chi connectivity index (χ1v) is 6.92. The summed E-state index contributed by atoms with van der Waals surface area (Å²) in [4.78, 5) is 0. The average molecular weight is 254 g/mol. The van der Waals surface area contributed by atoms with Crippen molar-refractivity contribution in [2.45, 2.75) is 33.1 Å². The summed E-state index contributed by atoms with van der Waals surface area (Å²) in [5.74, 6) is 0. The third-order valence-electron chi connectivity index (χ3n) is 3.47. The molecule has 100 valence electrons. The van der Waals surface area contributed by atoms with E-state index < -0.39 is 0 Å². The molecule has 0 spiro atoms. The number of hydrogen-bond acceptors (Lipinski definition) is 2. The zero-order chi connectivity index (χ0) is 13.7. The maximum atomic E-state index is 6.03. The van der Waals surface area contributed by atoms with Gasteiger partial charge >= 0.3 is 0 Å². The Morgan fingerprint density at radius 1 is 1.05 bits per heavy atom. The van der Waals surface area contributed by atoms with Gasteiger partial charge in [0.1, 0.15) is 0 Å². The van der Waals surface area contributed by atoms with Crippen molar-refractivity contribution < 1.29 is 0 Å². The van der Waals surface area contributed by atoms with E-state index >= 15 is 0 Å². The van der Waals surface area contributed by atoms with Gasteiger partial charge in [-0.3, -0.25) is 0 Å². The van der Waals surface area contributed by atoms with Crippen molar-refractivity contribution >= 4 is 17.1 Å². The van der Waals surface area contributed by atoms with E-state index in [-0.39, 0.29) is 0 Å². The molecule has 0 fully saturated rings. The zero-order valence-corrected chi connectivity index (χ0v) is 11.7. The lowest BCUT2D eigenvalue weighted by Gasteiger charge is -2.16. The SMILES string of the molecule is CCCCc1c(Nc2ccccc2)ccc(N)c1C. The van der Waals surface area contributed by atoms with E-state index in [0.29, 0.717) is 0 Å². The number of benzene rings is 2. The number of nitrogens with two attached hydrogens (primary N) is 1. The summed E-state index contributed by atoms with van der Waals surface area (Å²) < 4.78 is 0. The van der Waals surface area contributed by atoms with Crippen LogP contribution in [0, 0.1) is 6.92 Å². The van der Waals surface area contributed by atoms with E-state index in [1.54, 1.807) is 0 Å². The molecule has 0 atom stereocenters. The smallest absolute Gasteiger partial charge is 0.0420 e. The highest BCUT2D eigenvalue weighted by Crippen LogP contribution is 2.28. The summed E-state index contributed by atoms with van der Waals surface area (Å²) in [7, 11) is 0. The number of rotatable bonds is 5. The van der Waals surface area contributed by atoms with Gasteiger partial charge in [0.25, 0.3) is 0 Å². The fraction of sp³-hybridized carbons (Fsp3) is 0.294. The molecule has 0 amide bonds. The molecule has 0 bridgehead atoms. The number of nitrogen functional groups attached to an aromatic ring is 1. The van der Waals surface area contributed by atoms with Crippen LogP contribution in [0.4, 0.5) is 17.1 Å². The van der Waals surface area contributed by atoms with Crippen LogP contribution < -0.4 is 11.1 Å². The maximum absolute atomic E-state index is 6.03. The van der Waals surface area contributed by atoms with Gasteiger partial charge < -0.3 is 11.1 Å². The minimum absolute atomic E-state index is 0.879. The molecule has 2 aromatic rings. The first kappa shape index (κ1) is 13.5. The second-order valence-corrected chi connectivity index (χ2v) is 4.90. The Balaban J connectivity index is 2.31. The van der Waals surface area contributed by atoms with Gasteiger partial charge in [-0.05, 0) is 55.2 Å². The highest BCUT2D eigenvalue weighted by atomic mass is 14.9. The monoisotopic (exact) mass is 254 g/mol. The van der Waals surface area contributed by atoms with Crippen LogP contribution in [0.1, 0.15) is 30.9 Å². The maximum Gasteiger partial charge on any atom is 0.0420 e. The Labute approximate surface area is 115 Å². The minimum Gasteiger partial charge on any atom is -0.399 e. The van der Waals surface area contributed by atoms with Gasteiger partial charge in [0.15, 0.2) is 0 Å². The lowest BCUT2D eigenvalue weighted by molar-refractivity contribution is 0.793. The van der Waals surface area contributed by atoms with Gasteiger partial charge in [-0.1, -0.05) is 31.5 Å². The van der Waals surface area contributed by atoms with Crippen LogP contribution in [0.25, 0.3) is 0 Å². The molecule has 2 heteroatoms. The van der Waals surface area contributed by atoms with Gasteiger partial charge in [0.05, 0.1) is 0 Å². The number of anilines is 3. The molecule has 0 saturated heterocycles. The standard InChI is InChI=1S/C17H22N2/c1-3-4-10-15-13(2)16(18)11-12-17(15)19-14-8-6-5-7-9-14/h5-9,11-12,19H,3-4,10,18H2,1-2H3. The molecular formula is C17H22N2. The van der Waals surface area contributed by atoms with E-state index in [4.69, 9.17) is 5.73 Å². The van der Waals surface area contributed by atoms with Crippen molar-refractivity contribution in [1.29, 1.82) is 0 Å². The molecule has 0 saturated carbocycles. The van der Waals surface area contributed by atoms with Crippen molar-refractivity contribution in [3.63, 3.8) is 0 Å². The number of para-hydroxylation sites is 1. The van der Waals surface area contributed by atoms with Crippen molar-refractivity contribution in [3.05, 3.63) is 53.6 Å². The Kier molecular flexibility index (Phi) is 4.45. The van der Waals surface area contributed by atoms with Crippen LogP contribution in [0.2, 0.25) is 0 Å². The highest BCUT2D eigenvalue weighted by Gasteiger charge is 2.08. The normalized spacial score (nSPS) is 10.4. The summed E-state index contributed by atoms with van der Waals surface area (Å²) in [6.45, 7) is 4.32. The van der Waals surface area contributed by atoms with Crippen LogP contribution in [0.3, 0.4) is 0 Å². The summed E-state index contributed by atoms with van der Waals surface area (Å²) in [6.07, 6.45) is 3.45. The minimum atomic E-state index is 0.879. The van der Waals surface area contributed by atoms with Gasteiger partial charge in [0, 0.05) is 17.1 Å². The largest absolute Gasteiger partial charge is 0.399 e. The molecule has 19 heavy (non-hydrogen) atoms. The third-order valence-corrected chi connectivity index (χ3v) is 3.47. The lowest BCUT2D eigenvalue weighted by Crippen LogP contribution is -2.02. The molecular weight excluding hydrogens is 232 g/mol. The second kappa shape index (κ2) is 6.28. The van der Waals surface area contributed by atoms with E-state index in [1.165, 1.54) is 29.7 Å². The van der Waals surface area contributed by atoms with Gasteiger partial charge in [-0.2, -0.15) is 0 Å². The molecule has 0 aromatic heterocycles. The quantitative estimate of drug-likeness (QED) is 0.761. The summed E-state index contributed by atoms with van der Waals surface area (Å²) >= 11 is 0. The zero-order valence-electron chi connectivity index (χ0n) is 11.7. The van der Waals surface area contributed by atoms with Crippen LogP contribution in [0.5, 0.6) is 0 Å². The fourth-order valence-electron chi connectivity index (χ4n) is 2.24. The predicted octanol–water partition coefficient (Wildman–Crippen LogP) is 4.66. The number of nitrogens with one attached hydrogen (secondary N) is 1. The Hall–Kier alpha value is -1.96. The number of unbranched alkanes of at least 4 members (excludes halogenated alkanes) is 1. The first-order valence-electron chi connectivity index (χ1n) is 6.92. The first-order chi connectivity index (χ1) is 9.22. The van der Waals surface area contributed by atoms with Crippen LogP contribution in [0.15, 0.2) is 42.5 Å². The van der Waals surface area contributed by atoms with Gasteiger partial charge in [0.2, 0.25) is 0 Å². The molecule has 0 aliphatic rings. The predicted molar refractivity (Wildman–Crippen MR) is 83.9 cm³/mol. The molecule has 2 aromatic carbocycles. The molecule has 0 aliphatic heterocycles. The van der Waals surface area contributed by atoms with Crippen LogP contribution >= 0.6 is 0 Å². The van der Waals surface area contributed by atoms with E-state index in [9.17, 15) is 0 Å². The van der Waals surface area contributed by atoms with Gasteiger partial charge in [-0.15, -0.1) is 0 Å². The van der Waals surface area contributed by atoms with Crippen molar-refractivity contribution in [1.82, 2.24) is 0 Å². The number of hydrogen-bond donors (Lipinski definition) is 2. The Morgan fingerprint density at radius 3 is 2.47 bits per heavy atom. The molecule has 2 nitrogen and oxygen atoms in total. The van der Waals surface area contributed by atoms with Crippen molar-refractivity contribution in [2.24, 2.45) is 0 Å². The van der Waals surface area contributed by atoms with E-state index in [0.717, 1.165) is 17.8 Å². The molecule has 0 radical (unpaired) electrons. The fourth-order valence-corrected chi connectivity index (χ4v) is 2.24. The van der Waals surface area contributed by atoms with Crippen molar-refractivity contribution in [3.8, 4) is 0 Å². The summed E-state index contributed by atoms with van der Waals surface area (Å²) in [5.41, 5.74) is 11.7. The van der Waals surface area contributed by atoms with E-state index in [1.807, 2.05) is 24.3 Å². The Morgan fingerprint density at radius 2 is 1.79 bits per heavy atom. The highest BCUT2D eigenvalue weighted by molar-refractivity contribution is 5.69. The van der Waals surface area contributed by atoms with Gasteiger partial charge in [-0.25, -0.2) is 0 Å². The second-order valence-electron chi connectivity index (χ2n) is 4.90. The molecule has 2 rings (SSSR count). The average Bonchev–Trinajstić information content (AvgIpc) is 2.44. The summed E-state index contributed by atoms with van der Waals surface area (Å²) in [6, 6.07) is 14.3. The molecule has 0 heterocycles. The molecule has 0 aliphatic carbocycles. The Bertz CT molecular complexity index is 532. The van der Waals surface area contributed by atoms with Crippen molar-refractivity contribution in [2.75, 3.05) is 11.1 Å². The van der Waals surface area contributed by atoms with Crippen LogP contribution in [-0.2, 0) is 6.42 Å². The van der Waals surface area contributed by atoms with E-state index in [2.05, 4.69) is 37.4 Å². The lowest BCUT2D eigenvalue weighted by atomic mass is 9.99. The van der Waals surface area contributed by atoms with Crippen LogP contribution in [-0.4, -0.2) is 0 Å². The third kappa shape index (κ3) is 3.28. The topological polar surface area (TPSA) is 38.0 Å². The summed E-state index contributed by atoms with van der Waals surface area (Å²) in [5, 5.41) is 3.49. The molecule has 0 unspecified atom stereocenters.